The van der Waals surface area contributed by atoms with Gasteiger partial charge in [0.05, 0.1) is 5.69 Å². The van der Waals surface area contributed by atoms with Crippen LogP contribution in [0.15, 0.2) is 42.5 Å². The van der Waals surface area contributed by atoms with Crippen LogP contribution < -0.4 is 4.74 Å². The largest absolute Gasteiger partial charge is 0.485 e. The van der Waals surface area contributed by atoms with E-state index in [4.69, 9.17) is 40.2 Å². The lowest BCUT2D eigenvalue weighted by atomic mass is 10.2. The number of nitrogens with zero attached hydrogens (tertiary/aromatic N) is 2. The molecule has 2 aromatic carbocycles. The van der Waals surface area contributed by atoms with Crippen LogP contribution in [0.5, 0.6) is 5.75 Å². The maximum absolute atomic E-state index is 5.98. The average Bonchev–Trinajstić information content (AvgIpc) is 2.86. The van der Waals surface area contributed by atoms with E-state index in [2.05, 4.69) is 10.2 Å². The van der Waals surface area contributed by atoms with E-state index in [0.29, 0.717) is 26.4 Å². The number of H-pyrrole nitrogens is 1. The maximum Gasteiger partial charge on any atom is 0.199 e. The van der Waals surface area contributed by atoms with Crippen molar-refractivity contribution in [2.24, 2.45) is 0 Å². The number of ether oxygens (including phenoxy) is 1. The minimum Gasteiger partial charge on any atom is -0.485 e. The van der Waals surface area contributed by atoms with Gasteiger partial charge in [-0.3, -0.25) is 9.67 Å². The van der Waals surface area contributed by atoms with E-state index in [9.17, 15) is 0 Å². The summed E-state index contributed by atoms with van der Waals surface area (Å²) in [7, 11) is 0. The molecule has 0 amide bonds. The third-order valence-corrected chi connectivity index (χ3v) is 4.01. The molecule has 0 unspecified atom stereocenters. The number of aromatic nitrogens is 3. The van der Waals surface area contributed by atoms with Crippen LogP contribution in [0.4, 0.5) is 0 Å². The molecule has 0 atom stereocenters. The summed E-state index contributed by atoms with van der Waals surface area (Å²) in [5.41, 5.74) is 2.06. The molecule has 1 aromatic heterocycles. The van der Waals surface area contributed by atoms with Crippen LogP contribution in [-0.2, 0) is 6.61 Å². The lowest BCUT2D eigenvalue weighted by molar-refractivity contribution is 0.293. The molecule has 1 N–H and O–H groups in total. The zero-order valence-corrected chi connectivity index (χ0v) is 14.5. The fourth-order valence-corrected chi connectivity index (χ4v) is 3.00. The number of benzene rings is 2. The molecule has 0 aliphatic rings. The molecule has 118 valence electrons. The third kappa shape index (κ3) is 3.58. The van der Waals surface area contributed by atoms with Crippen LogP contribution in [0.25, 0.3) is 5.69 Å². The Balaban J connectivity index is 1.90. The standard InChI is InChI=1S/C16H13Cl2N3OS/c1-10-4-2-3-5-14(10)21-15(19-20-16(21)23)9-22-13-7-11(17)6-12(18)8-13/h2-8H,9H2,1H3,(H,20,23). The van der Waals surface area contributed by atoms with Gasteiger partial charge in [-0.25, -0.2) is 0 Å². The maximum atomic E-state index is 5.98. The summed E-state index contributed by atoms with van der Waals surface area (Å²) in [6.07, 6.45) is 0. The smallest absolute Gasteiger partial charge is 0.199 e. The van der Waals surface area contributed by atoms with Crippen molar-refractivity contribution in [3.8, 4) is 11.4 Å². The molecule has 0 saturated carbocycles. The van der Waals surface area contributed by atoms with Crippen molar-refractivity contribution in [3.63, 3.8) is 0 Å². The fourth-order valence-electron chi connectivity index (χ4n) is 2.25. The lowest BCUT2D eigenvalue weighted by Gasteiger charge is -2.11. The van der Waals surface area contributed by atoms with Gasteiger partial charge in [0.15, 0.2) is 10.6 Å². The van der Waals surface area contributed by atoms with Crippen LogP contribution in [-0.4, -0.2) is 14.8 Å². The molecular formula is C16H13Cl2N3OS. The molecule has 3 aromatic rings. The van der Waals surface area contributed by atoms with Gasteiger partial charge >= 0.3 is 0 Å². The van der Waals surface area contributed by atoms with Crippen molar-refractivity contribution in [2.45, 2.75) is 13.5 Å². The summed E-state index contributed by atoms with van der Waals surface area (Å²) in [6, 6.07) is 13.0. The summed E-state index contributed by atoms with van der Waals surface area (Å²) in [6.45, 7) is 2.25. The monoisotopic (exact) mass is 365 g/mol. The van der Waals surface area contributed by atoms with E-state index in [1.807, 2.05) is 35.8 Å². The first-order valence-electron chi connectivity index (χ1n) is 6.86. The Kier molecular flexibility index (Phi) is 4.71. The van der Waals surface area contributed by atoms with Crippen LogP contribution in [0.1, 0.15) is 11.4 Å². The number of rotatable bonds is 4. The summed E-state index contributed by atoms with van der Waals surface area (Å²) < 4.78 is 8.12. The second-order valence-corrected chi connectivity index (χ2v) is 6.22. The predicted octanol–water partition coefficient (Wildman–Crippen LogP) is 5.12. The highest BCUT2D eigenvalue weighted by Crippen LogP contribution is 2.25. The van der Waals surface area contributed by atoms with Gasteiger partial charge in [-0.05, 0) is 49.0 Å². The molecule has 1 heterocycles. The second-order valence-electron chi connectivity index (χ2n) is 4.96. The highest BCUT2D eigenvalue weighted by Gasteiger charge is 2.11. The van der Waals surface area contributed by atoms with Crippen molar-refractivity contribution < 1.29 is 4.74 Å². The van der Waals surface area contributed by atoms with E-state index in [-0.39, 0.29) is 6.61 Å². The van der Waals surface area contributed by atoms with E-state index < -0.39 is 0 Å². The molecule has 0 aliphatic carbocycles. The van der Waals surface area contributed by atoms with Crippen molar-refractivity contribution in [3.05, 3.63) is 68.7 Å². The normalized spacial score (nSPS) is 10.7. The highest BCUT2D eigenvalue weighted by molar-refractivity contribution is 7.71. The molecule has 0 aliphatic heterocycles. The molecule has 0 saturated heterocycles. The molecule has 0 bridgehead atoms. The number of aryl methyl sites for hydroxylation is 1. The molecule has 23 heavy (non-hydrogen) atoms. The summed E-state index contributed by atoms with van der Waals surface area (Å²) in [5.74, 6) is 1.24. The number of hydrogen-bond acceptors (Lipinski definition) is 3. The highest BCUT2D eigenvalue weighted by atomic mass is 35.5. The SMILES string of the molecule is Cc1ccccc1-n1c(COc2cc(Cl)cc(Cl)c2)n[nH]c1=S. The Bertz CT molecular complexity index is 884. The molecule has 0 spiro atoms. The van der Waals surface area contributed by atoms with E-state index in [1.165, 1.54) is 0 Å². The minimum absolute atomic E-state index is 0.234. The van der Waals surface area contributed by atoms with Gasteiger partial charge in [-0.2, -0.15) is 5.10 Å². The summed E-state index contributed by atoms with van der Waals surface area (Å²) >= 11 is 17.3. The van der Waals surface area contributed by atoms with Crippen molar-refractivity contribution in [1.29, 1.82) is 0 Å². The van der Waals surface area contributed by atoms with E-state index >= 15 is 0 Å². The van der Waals surface area contributed by atoms with Gasteiger partial charge in [0.2, 0.25) is 0 Å². The Labute approximate surface area is 148 Å². The van der Waals surface area contributed by atoms with Gasteiger partial charge in [-0.15, -0.1) is 0 Å². The molecule has 7 heteroatoms. The van der Waals surface area contributed by atoms with Crippen LogP contribution in [0, 0.1) is 11.7 Å². The summed E-state index contributed by atoms with van der Waals surface area (Å²) in [4.78, 5) is 0. The predicted molar refractivity (Wildman–Crippen MR) is 94.3 cm³/mol. The molecule has 4 nitrogen and oxygen atoms in total. The summed E-state index contributed by atoms with van der Waals surface area (Å²) in [5, 5.41) is 8.09. The topological polar surface area (TPSA) is 42.8 Å². The van der Waals surface area contributed by atoms with Gasteiger partial charge in [0.25, 0.3) is 0 Å². The molecule has 0 radical (unpaired) electrons. The van der Waals surface area contributed by atoms with E-state index in [1.54, 1.807) is 18.2 Å². The van der Waals surface area contributed by atoms with E-state index in [0.717, 1.165) is 11.3 Å². The Morgan fingerprint density at radius 2 is 1.87 bits per heavy atom. The lowest BCUT2D eigenvalue weighted by Crippen LogP contribution is -2.07. The Morgan fingerprint density at radius 1 is 1.17 bits per heavy atom. The Hall–Kier alpha value is -1.82. The van der Waals surface area contributed by atoms with Gasteiger partial charge < -0.3 is 4.74 Å². The Morgan fingerprint density at radius 3 is 2.57 bits per heavy atom. The third-order valence-electron chi connectivity index (χ3n) is 3.30. The van der Waals surface area contributed by atoms with Crippen LogP contribution >= 0.6 is 35.4 Å². The first kappa shape index (κ1) is 16.1. The minimum atomic E-state index is 0.234. The average molecular weight is 366 g/mol. The second kappa shape index (κ2) is 6.74. The molecule has 0 fully saturated rings. The number of halogens is 2. The molecule has 3 rings (SSSR count). The number of aromatic amines is 1. The zero-order chi connectivity index (χ0) is 16.4. The fraction of sp³-hybridized carbons (Fsp3) is 0.125. The van der Waals surface area contributed by atoms with Crippen molar-refractivity contribution in [1.82, 2.24) is 14.8 Å². The molecular weight excluding hydrogens is 353 g/mol. The zero-order valence-electron chi connectivity index (χ0n) is 12.2. The van der Waals surface area contributed by atoms with Gasteiger partial charge in [-0.1, -0.05) is 41.4 Å². The van der Waals surface area contributed by atoms with Gasteiger partial charge in [0.1, 0.15) is 12.4 Å². The van der Waals surface area contributed by atoms with Crippen molar-refractivity contribution >= 4 is 35.4 Å². The number of nitrogens with one attached hydrogen (secondary N) is 1. The first-order chi connectivity index (χ1) is 11.0. The quantitative estimate of drug-likeness (QED) is 0.652. The van der Waals surface area contributed by atoms with Gasteiger partial charge in [0, 0.05) is 10.0 Å². The number of hydrogen-bond donors (Lipinski definition) is 1. The van der Waals surface area contributed by atoms with Crippen LogP contribution in [0.3, 0.4) is 0 Å². The van der Waals surface area contributed by atoms with Crippen molar-refractivity contribution in [2.75, 3.05) is 0 Å². The first-order valence-corrected chi connectivity index (χ1v) is 8.02. The number of para-hydroxylation sites is 1. The van der Waals surface area contributed by atoms with Crippen LogP contribution in [0.2, 0.25) is 10.0 Å².